The first-order valence-electron chi connectivity index (χ1n) is 8.09. The summed E-state index contributed by atoms with van der Waals surface area (Å²) in [5.74, 6) is -1.52. The van der Waals surface area contributed by atoms with Crippen LogP contribution in [-0.2, 0) is 14.4 Å². The molecule has 2 rings (SSSR count). The molecule has 1 aliphatic heterocycles. The number of hydroxylamine groups is 2. The zero-order chi connectivity index (χ0) is 17.7. The molecule has 3 amide bonds. The molecule has 24 heavy (non-hydrogen) atoms. The van der Waals surface area contributed by atoms with Gasteiger partial charge in [0.1, 0.15) is 6.04 Å². The smallest absolute Gasteiger partial charge is 0.259 e. The van der Waals surface area contributed by atoms with Crippen molar-refractivity contribution in [3.05, 3.63) is 28.7 Å². The highest BCUT2D eigenvalue weighted by molar-refractivity contribution is 9.10. The molecule has 0 aromatic heterocycles. The molecule has 1 aromatic carbocycles. The molecule has 0 spiro atoms. The highest BCUT2D eigenvalue weighted by atomic mass is 79.9. The number of imide groups is 1. The summed E-state index contributed by atoms with van der Waals surface area (Å²) < 4.78 is 0.827. The molecule has 1 saturated heterocycles. The molecule has 7 heteroatoms. The number of amides is 3. The molecule has 130 valence electrons. The zero-order valence-electron chi connectivity index (χ0n) is 13.6. The average molecular weight is 397 g/mol. The average Bonchev–Trinajstić information content (AvgIpc) is 2.86. The Kier molecular flexibility index (Phi) is 6.51. The second-order valence-electron chi connectivity index (χ2n) is 5.81. The summed E-state index contributed by atoms with van der Waals surface area (Å²) in [6.07, 6.45) is 3.61. The molecule has 1 heterocycles. The number of rotatable bonds is 7. The van der Waals surface area contributed by atoms with Crippen molar-refractivity contribution in [1.29, 1.82) is 0 Å². The van der Waals surface area contributed by atoms with Gasteiger partial charge in [-0.3, -0.25) is 19.6 Å². The normalized spacial score (nSPS) is 17.5. The minimum atomic E-state index is -1.14. The fourth-order valence-electron chi connectivity index (χ4n) is 2.66. The quantitative estimate of drug-likeness (QED) is 0.332. The van der Waals surface area contributed by atoms with E-state index in [0.29, 0.717) is 17.2 Å². The summed E-state index contributed by atoms with van der Waals surface area (Å²) in [5.41, 5.74) is 0.430. The molecule has 0 bridgehead atoms. The molecule has 1 aliphatic rings. The first-order chi connectivity index (χ1) is 11.5. The Morgan fingerprint density at radius 2 is 1.92 bits per heavy atom. The van der Waals surface area contributed by atoms with Crippen LogP contribution in [0.2, 0.25) is 0 Å². The van der Waals surface area contributed by atoms with Crippen molar-refractivity contribution in [1.82, 2.24) is 5.06 Å². The number of carbonyl (C=O) groups excluding carboxylic acids is 3. The number of hydrogen-bond acceptors (Lipinski definition) is 4. The van der Waals surface area contributed by atoms with Gasteiger partial charge in [0.05, 0.1) is 12.1 Å². The molecular formula is C17H21BrN2O4. The van der Waals surface area contributed by atoms with Crippen LogP contribution in [0.5, 0.6) is 0 Å². The maximum Gasteiger partial charge on any atom is 0.259 e. The largest absolute Gasteiger partial charge is 0.285 e. The van der Waals surface area contributed by atoms with Crippen LogP contribution in [0.3, 0.4) is 0 Å². The van der Waals surface area contributed by atoms with E-state index in [1.54, 1.807) is 24.3 Å². The first-order valence-corrected chi connectivity index (χ1v) is 8.88. The number of carbonyl (C=O) groups is 3. The fraction of sp³-hybridized carbons (Fsp3) is 0.471. The Hall–Kier alpha value is -1.73. The molecule has 1 fully saturated rings. The predicted octanol–water partition coefficient (Wildman–Crippen LogP) is 3.27. The van der Waals surface area contributed by atoms with Gasteiger partial charge in [0.25, 0.3) is 5.91 Å². The van der Waals surface area contributed by atoms with Crippen LogP contribution < -0.4 is 4.90 Å². The van der Waals surface area contributed by atoms with E-state index in [4.69, 9.17) is 0 Å². The van der Waals surface area contributed by atoms with Crippen LogP contribution in [0, 0.1) is 0 Å². The SMILES string of the molecule is CCCCCCC(=O)N(O)[C@@H]1CC(=O)N(c2ccc(Br)cc2)C1=O. The summed E-state index contributed by atoms with van der Waals surface area (Å²) in [6, 6.07) is 5.57. The lowest BCUT2D eigenvalue weighted by atomic mass is 10.1. The first kappa shape index (κ1) is 18.6. The van der Waals surface area contributed by atoms with Gasteiger partial charge in [-0.2, -0.15) is 0 Å². The third-order valence-corrected chi connectivity index (χ3v) is 4.53. The van der Waals surface area contributed by atoms with Gasteiger partial charge in [0, 0.05) is 10.9 Å². The number of benzene rings is 1. The molecule has 0 radical (unpaired) electrons. The van der Waals surface area contributed by atoms with Crippen molar-refractivity contribution in [2.75, 3.05) is 4.90 Å². The van der Waals surface area contributed by atoms with Crippen LogP contribution in [0.15, 0.2) is 28.7 Å². The summed E-state index contributed by atoms with van der Waals surface area (Å²) in [5, 5.41) is 10.5. The van der Waals surface area contributed by atoms with Gasteiger partial charge in [-0.15, -0.1) is 0 Å². The molecule has 0 unspecified atom stereocenters. The zero-order valence-corrected chi connectivity index (χ0v) is 15.2. The Morgan fingerprint density at radius 1 is 1.25 bits per heavy atom. The molecule has 1 N–H and O–H groups in total. The van der Waals surface area contributed by atoms with Gasteiger partial charge in [0.2, 0.25) is 11.8 Å². The van der Waals surface area contributed by atoms with Crippen LogP contribution in [0.4, 0.5) is 5.69 Å². The summed E-state index contributed by atoms with van der Waals surface area (Å²) >= 11 is 3.29. The highest BCUT2D eigenvalue weighted by Gasteiger charge is 2.44. The molecule has 0 aliphatic carbocycles. The van der Waals surface area contributed by atoms with E-state index in [9.17, 15) is 19.6 Å². The maximum absolute atomic E-state index is 12.5. The number of hydrogen-bond donors (Lipinski definition) is 1. The van der Waals surface area contributed by atoms with E-state index in [2.05, 4.69) is 22.9 Å². The van der Waals surface area contributed by atoms with E-state index in [-0.39, 0.29) is 12.8 Å². The maximum atomic E-state index is 12.5. The van der Waals surface area contributed by atoms with Gasteiger partial charge < -0.3 is 0 Å². The number of unbranched alkanes of at least 4 members (excludes halogenated alkanes) is 3. The van der Waals surface area contributed by atoms with Crippen molar-refractivity contribution >= 4 is 39.3 Å². The molecule has 6 nitrogen and oxygen atoms in total. The van der Waals surface area contributed by atoms with Crippen LogP contribution >= 0.6 is 15.9 Å². The van der Waals surface area contributed by atoms with Crippen LogP contribution in [0.25, 0.3) is 0 Å². The monoisotopic (exact) mass is 396 g/mol. The molecule has 1 atom stereocenters. The van der Waals surface area contributed by atoms with Crippen LogP contribution in [-0.4, -0.2) is 34.0 Å². The van der Waals surface area contributed by atoms with Crippen molar-refractivity contribution in [2.24, 2.45) is 0 Å². The van der Waals surface area contributed by atoms with Crippen molar-refractivity contribution in [2.45, 2.75) is 51.5 Å². The Labute approximate surface area is 149 Å². The standard InChI is InChI=1S/C17H21BrN2O4/c1-2-3-4-5-6-15(21)20(24)14-11-16(22)19(17(14)23)13-9-7-12(18)8-10-13/h7-10,14,24H,2-6,11H2,1H3/t14-/m1/s1. The second-order valence-corrected chi connectivity index (χ2v) is 6.73. The Morgan fingerprint density at radius 3 is 2.54 bits per heavy atom. The van der Waals surface area contributed by atoms with Gasteiger partial charge in [-0.25, -0.2) is 9.96 Å². The third kappa shape index (κ3) is 4.21. The van der Waals surface area contributed by atoms with Gasteiger partial charge in [-0.05, 0) is 30.7 Å². The lowest BCUT2D eigenvalue weighted by Crippen LogP contribution is -2.43. The number of nitrogens with zero attached hydrogens (tertiary/aromatic N) is 2. The number of anilines is 1. The second kappa shape index (κ2) is 8.39. The molecular weight excluding hydrogens is 376 g/mol. The van der Waals surface area contributed by atoms with Gasteiger partial charge >= 0.3 is 0 Å². The van der Waals surface area contributed by atoms with E-state index >= 15 is 0 Å². The topological polar surface area (TPSA) is 77.9 Å². The summed E-state index contributed by atoms with van der Waals surface area (Å²) in [6.45, 7) is 2.07. The van der Waals surface area contributed by atoms with Crippen molar-refractivity contribution < 1.29 is 19.6 Å². The lowest BCUT2D eigenvalue weighted by molar-refractivity contribution is -0.177. The minimum Gasteiger partial charge on any atom is -0.285 e. The lowest BCUT2D eigenvalue weighted by Gasteiger charge is -2.21. The third-order valence-electron chi connectivity index (χ3n) is 4.00. The van der Waals surface area contributed by atoms with E-state index < -0.39 is 23.8 Å². The van der Waals surface area contributed by atoms with Gasteiger partial charge in [-0.1, -0.05) is 42.1 Å². The van der Waals surface area contributed by atoms with Crippen LogP contribution in [0.1, 0.15) is 45.4 Å². The van der Waals surface area contributed by atoms with E-state index in [1.807, 2.05) is 0 Å². The van der Waals surface area contributed by atoms with Crippen molar-refractivity contribution in [3.63, 3.8) is 0 Å². The fourth-order valence-corrected chi connectivity index (χ4v) is 2.92. The minimum absolute atomic E-state index is 0.173. The molecule has 1 aromatic rings. The number of halogens is 1. The Bertz CT molecular complexity index is 618. The Balaban J connectivity index is 2.02. The highest BCUT2D eigenvalue weighted by Crippen LogP contribution is 2.26. The van der Waals surface area contributed by atoms with E-state index in [1.165, 1.54) is 0 Å². The summed E-state index contributed by atoms with van der Waals surface area (Å²) in [7, 11) is 0. The van der Waals surface area contributed by atoms with Gasteiger partial charge in [0.15, 0.2) is 0 Å². The van der Waals surface area contributed by atoms with E-state index in [0.717, 1.165) is 28.6 Å². The summed E-state index contributed by atoms with van der Waals surface area (Å²) in [4.78, 5) is 37.7. The molecule has 0 saturated carbocycles. The predicted molar refractivity (Wildman–Crippen MR) is 92.4 cm³/mol. The van der Waals surface area contributed by atoms with Crippen molar-refractivity contribution in [3.8, 4) is 0 Å².